The first-order valence-electron chi connectivity index (χ1n) is 6.65. The lowest BCUT2D eigenvalue weighted by atomic mass is 10.2. The van der Waals surface area contributed by atoms with Crippen molar-refractivity contribution in [2.45, 2.75) is 15.9 Å². The number of rotatable bonds is 3. The Morgan fingerprint density at radius 1 is 1.33 bits per heavy atom. The van der Waals surface area contributed by atoms with E-state index in [1.807, 2.05) is 29.8 Å². The summed E-state index contributed by atoms with van der Waals surface area (Å²) in [4.78, 5) is 4.63. The molecule has 4 nitrogen and oxygen atoms in total. The molecule has 2 heterocycles. The number of aryl methyl sites for hydroxylation is 1. The summed E-state index contributed by atoms with van der Waals surface area (Å²) in [6.45, 7) is 0. The van der Waals surface area contributed by atoms with E-state index in [1.165, 1.54) is 0 Å². The first-order valence-corrected chi connectivity index (χ1v) is 8.39. The second-order valence-electron chi connectivity index (χ2n) is 5.32. The van der Waals surface area contributed by atoms with Crippen LogP contribution < -0.4 is 0 Å². The standard InChI is InChI=1S/C14H12Cl2N4S/c1-20-10-5-3-2-4-9(10)11-12(20)17-13(19-18-11)21-7-8-6-14(8,15)16/h2-5,8H,6-7H2,1H3/t8-/m1/s1. The Hall–Kier alpha value is -1.04. The monoisotopic (exact) mass is 338 g/mol. The molecule has 1 saturated carbocycles. The van der Waals surface area contributed by atoms with Gasteiger partial charge in [-0.15, -0.1) is 33.4 Å². The molecular formula is C14H12Cl2N4S. The molecule has 0 saturated heterocycles. The second-order valence-corrected chi connectivity index (χ2v) is 7.85. The fourth-order valence-electron chi connectivity index (χ4n) is 2.48. The van der Waals surface area contributed by atoms with Crippen LogP contribution >= 0.6 is 35.0 Å². The van der Waals surface area contributed by atoms with Gasteiger partial charge < -0.3 is 4.57 Å². The third-order valence-corrected chi connectivity index (χ3v) is 5.78. The highest BCUT2D eigenvalue weighted by molar-refractivity contribution is 7.99. The van der Waals surface area contributed by atoms with Crippen LogP contribution in [-0.4, -0.2) is 29.8 Å². The normalized spacial score (nSPS) is 20.2. The number of halogens is 2. The van der Waals surface area contributed by atoms with E-state index in [0.29, 0.717) is 11.1 Å². The summed E-state index contributed by atoms with van der Waals surface area (Å²) in [5.41, 5.74) is 2.81. The summed E-state index contributed by atoms with van der Waals surface area (Å²) in [5, 5.41) is 10.3. The van der Waals surface area contributed by atoms with E-state index in [0.717, 1.165) is 34.2 Å². The van der Waals surface area contributed by atoms with Crippen LogP contribution in [0.1, 0.15) is 6.42 Å². The van der Waals surface area contributed by atoms with Gasteiger partial charge in [-0.1, -0.05) is 30.0 Å². The van der Waals surface area contributed by atoms with Crippen molar-refractivity contribution in [1.82, 2.24) is 19.7 Å². The van der Waals surface area contributed by atoms with Crippen LogP contribution in [-0.2, 0) is 7.05 Å². The van der Waals surface area contributed by atoms with Gasteiger partial charge in [0.1, 0.15) is 9.85 Å². The number of aromatic nitrogens is 4. The molecule has 0 amide bonds. The van der Waals surface area contributed by atoms with Crippen molar-refractivity contribution in [3.05, 3.63) is 24.3 Å². The summed E-state index contributed by atoms with van der Waals surface area (Å²) >= 11 is 13.6. The van der Waals surface area contributed by atoms with Crippen LogP contribution in [0, 0.1) is 5.92 Å². The Bertz CT molecular complexity index is 845. The van der Waals surface area contributed by atoms with E-state index in [-0.39, 0.29) is 0 Å². The highest BCUT2D eigenvalue weighted by Gasteiger charge is 2.51. The molecule has 1 fully saturated rings. The zero-order chi connectivity index (χ0) is 14.6. The van der Waals surface area contributed by atoms with Crippen molar-refractivity contribution >= 4 is 57.0 Å². The molecule has 4 rings (SSSR count). The molecule has 0 bridgehead atoms. The topological polar surface area (TPSA) is 43.6 Å². The van der Waals surface area contributed by atoms with Gasteiger partial charge in [0, 0.05) is 24.1 Å². The van der Waals surface area contributed by atoms with Crippen LogP contribution in [0.25, 0.3) is 22.1 Å². The zero-order valence-electron chi connectivity index (χ0n) is 11.3. The fraction of sp³-hybridized carbons (Fsp3) is 0.357. The summed E-state index contributed by atoms with van der Waals surface area (Å²) in [7, 11) is 2.00. The number of hydrogen-bond acceptors (Lipinski definition) is 4. The Balaban J connectivity index is 1.69. The minimum absolute atomic E-state index is 0.317. The van der Waals surface area contributed by atoms with Crippen LogP contribution in [0.3, 0.4) is 0 Å². The molecule has 21 heavy (non-hydrogen) atoms. The Morgan fingerprint density at radius 2 is 2.10 bits per heavy atom. The number of alkyl halides is 2. The molecule has 1 aromatic carbocycles. The molecule has 0 radical (unpaired) electrons. The minimum atomic E-state index is -0.551. The SMILES string of the molecule is Cn1c2ccccc2c2nnc(SC[C@H]3CC3(Cl)Cl)nc21. The summed E-state index contributed by atoms with van der Waals surface area (Å²) in [6, 6.07) is 8.11. The van der Waals surface area contributed by atoms with Gasteiger partial charge in [-0.25, -0.2) is 4.98 Å². The Kier molecular flexibility index (Phi) is 3.07. The molecule has 0 N–H and O–H groups in total. The van der Waals surface area contributed by atoms with Gasteiger partial charge in [0.2, 0.25) is 5.16 Å². The molecule has 7 heteroatoms. The highest BCUT2D eigenvalue weighted by Crippen LogP contribution is 2.54. The van der Waals surface area contributed by atoms with E-state index >= 15 is 0 Å². The van der Waals surface area contributed by atoms with Gasteiger partial charge in [0.15, 0.2) is 5.65 Å². The lowest BCUT2D eigenvalue weighted by molar-refractivity contribution is 0.850. The van der Waals surface area contributed by atoms with Gasteiger partial charge in [0.05, 0.1) is 5.52 Å². The molecule has 0 unspecified atom stereocenters. The number of thioether (sulfide) groups is 1. The molecule has 108 valence electrons. The van der Waals surface area contributed by atoms with E-state index in [9.17, 15) is 0 Å². The zero-order valence-corrected chi connectivity index (χ0v) is 13.6. The maximum Gasteiger partial charge on any atom is 0.211 e. The summed E-state index contributed by atoms with van der Waals surface area (Å²) in [6.07, 6.45) is 0.840. The predicted molar refractivity (Wildman–Crippen MR) is 87.1 cm³/mol. The molecule has 1 aliphatic rings. The van der Waals surface area contributed by atoms with Gasteiger partial charge in [-0.3, -0.25) is 0 Å². The molecule has 3 aromatic rings. The Morgan fingerprint density at radius 3 is 2.86 bits per heavy atom. The number of para-hydroxylation sites is 1. The number of benzene rings is 1. The van der Waals surface area contributed by atoms with Gasteiger partial charge in [-0.05, 0) is 12.5 Å². The van der Waals surface area contributed by atoms with Crippen LogP contribution in [0.15, 0.2) is 29.4 Å². The highest BCUT2D eigenvalue weighted by atomic mass is 35.5. The van der Waals surface area contributed by atoms with E-state index in [1.54, 1.807) is 11.8 Å². The largest absolute Gasteiger partial charge is 0.327 e. The number of nitrogens with zero attached hydrogens (tertiary/aromatic N) is 4. The van der Waals surface area contributed by atoms with Crippen molar-refractivity contribution in [1.29, 1.82) is 0 Å². The van der Waals surface area contributed by atoms with E-state index < -0.39 is 4.33 Å². The average molecular weight is 339 g/mol. The van der Waals surface area contributed by atoms with Gasteiger partial charge in [0.25, 0.3) is 0 Å². The smallest absolute Gasteiger partial charge is 0.211 e. The minimum Gasteiger partial charge on any atom is -0.327 e. The maximum absolute atomic E-state index is 6.04. The quantitative estimate of drug-likeness (QED) is 0.538. The van der Waals surface area contributed by atoms with Crippen molar-refractivity contribution in [2.24, 2.45) is 13.0 Å². The van der Waals surface area contributed by atoms with Crippen molar-refractivity contribution in [3.63, 3.8) is 0 Å². The van der Waals surface area contributed by atoms with E-state index in [4.69, 9.17) is 23.2 Å². The van der Waals surface area contributed by atoms with Crippen LogP contribution in [0.4, 0.5) is 0 Å². The lowest BCUT2D eigenvalue weighted by Crippen LogP contribution is -1.98. The molecule has 0 aliphatic heterocycles. The lowest BCUT2D eigenvalue weighted by Gasteiger charge is -2.01. The first-order chi connectivity index (χ1) is 10.1. The summed E-state index contributed by atoms with van der Waals surface area (Å²) < 4.78 is 1.50. The number of hydrogen-bond donors (Lipinski definition) is 0. The molecule has 1 aliphatic carbocycles. The summed E-state index contributed by atoms with van der Waals surface area (Å²) in [5.74, 6) is 1.14. The van der Waals surface area contributed by atoms with Crippen molar-refractivity contribution in [3.8, 4) is 0 Å². The van der Waals surface area contributed by atoms with E-state index in [2.05, 4.69) is 21.2 Å². The first kappa shape index (κ1) is 13.6. The second kappa shape index (κ2) is 4.73. The third-order valence-electron chi connectivity index (χ3n) is 3.86. The van der Waals surface area contributed by atoms with Crippen LogP contribution in [0.5, 0.6) is 0 Å². The van der Waals surface area contributed by atoms with Crippen molar-refractivity contribution in [2.75, 3.05) is 5.75 Å². The van der Waals surface area contributed by atoms with Crippen LogP contribution in [0.2, 0.25) is 0 Å². The molecule has 0 spiro atoms. The Labute approximate surface area is 135 Å². The maximum atomic E-state index is 6.04. The third kappa shape index (κ3) is 2.28. The molecular weight excluding hydrogens is 327 g/mol. The fourth-order valence-corrected chi connectivity index (χ4v) is 4.19. The van der Waals surface area contributed by atoms with Gasteiger partial charge in [-0.2, -0.15) is 0 Å². The van der Waals surface area contributed by atoms with Crippen molar-refractivity contribution < 1.29 is 0 Å². The molecule has 1 atom stereocenters. The average Bonchev–Trinajstić information content (AvgIpc) is 3.01. The number of fused-ring (bicyclic) bond motifs is 3. The molecule has 2 aromatic heterocycles. The predicted octanol–water partition coefficient (Wildman–Crippen LogP) is 3.80. The van der Waals surface area contributed by atoms with Gasteiger partial charge >= 0.3 is 0 Å².